The molecule has 0 aliphatic carbocycles. The van der Waals surface area contributed by atoms with Crippen LogP contribution < -0.4 is 3.71 Å². The molecule has 0 N–H and O–H groups in total. The maximum atomic E-state index is 12.9. The Balaban J connectivity index is 2.90. The van der Waals surface area contributed by atoms with Crippen LogP contribution in [-0.2, 0) is 11.3 Å². The van der Waals surface area contributed by atoms with Gasteiger partial charge in [-0.1, -0.05) is 41.4 Å². The van der Waals surface area contributed by atoms with Crippen LogP contribution in [0, 0.1) is 0 Å². The van der Waals surface area contributed by atoms with E-state index < -0.39 is 15.2 Å². The van der Waals surface area contributed by atoms with Crippen molar-refractivity contribution in [2.24, 2.45) is 0 Å². The molecular formula is C7H5Cl2FNO2S2-. The van der Waals surface area contributed by atoms with Gasteiger partial charge in [0.05, 0.1) is 17.0 Å². The summed E-state index contributed by atoms with van der Waals surface area (Å²) in [5.41, 5.74) is 0.263. The average molecular weight is 289 g/mol. The van der Waals surface area contributed by atoms with Crippen molar-refractivity contribution in [2.75, 3.05) is 3.71 Å². The first-order valence-corrected chi connectivity index (χ1v) is 6.16. The Bertz CT molecular complexity index is 347. The Morgan fingerprint density at radius 3 is 2.33 bits per heavy atom. The monoisotopic (exact) mass is 288 g/mol. The molecule has 0 amide bonds. The minimum Gasteiger partial charge on any atom is -0.754 e. The van der Waals surface area contributed by atoms with Gasteiger partial charge in [0.25, 0.3) is 0 Å². The molecule has 3 nitrogen and oxygen atoms in total. The van der Waals surface area contributed by atoms with Gasteiger partial charge in [0.1, 0.15) is 0 Å². The number of benzene rings is 1. The molecule has 1 aromatic carbocycles. The first kappa shape index (κ1) is 13.1. The van der Waals surface area contributed by atoms with Crippen molar-refractivity contribution >= 4 is 52.1 Å². The lowest BCUT2D eigenvalue weighted by Crippen LogP contribution is -2.21. The highest BCUT2D eigenvalue weighted by molar-refractivity contribution is 8.13. The first-order valence-electron chi connectivity index (χ1n) is 3.60. The summed E-state index contributed by atoms with van der Waals surface area (Å²) in [6, 6.07) is 7.89. The maximum Gasteiger partial charge on any atom is 0.324 e. The van der Waals surface area contributed by atoms with Crippen LogP contribution in [0.5, 0.6) is 0 Å². The predicted octanol–water partition coefficient (Wildman–Crippen LogP) is 2.99. The van der Waals surface area contributed by atoms with E-state index >= 15 is 0 Å². The highest BCUT2D eigenvalue weighted by Crippen LogP contribution is 2.41. The summed E-state index contributed by atoms with van der Waals surface area (Å²) in [7, 11) is 0. The minimum atomic E-state index is -2.70. The third-order valence-corrected chi connectivity index (χ3v) is 3.36. The second-order valence-electron chi connectivity index (χ2n) is 2.35. The molecule has 1 rings (SSSR count). The van der Waals surface area contributed by atoms with Crippen molar-refractivity contribution in [3.8, 4) is 0 Å². The number of halogens is 3. The average Bonchev–Trinajstić information content (AvgIpc) is 2.14. The lowest BCUT2D eigenvalue weighted by molar-refractivity contribution is 0.513. The predicted molar refractivity (Wildman–Crippen MR) is 61.0 cm³/mol. The molecule has 0 bridgehead atoms. The van der Waals surface area contributed by atoms with Crippen molar-refractivity contribution in [1.82, 2.24) is 0 Å². The Hall–Kier alpha value is -0.0100. The van der Waals surface area contributed by atoms with Crippen LogP contribution in [0.3, 0.4) is 0 Å². The van der Waals surface area contributed by atoms with E-state index in [1.807, 2.05) is 0 Å². The molecule has 0 radical (unpaired) electrons. The van der Waals surface area contributed by atoms with Gasteiger partial charge < -0.3 is 4.55 Å². The number of nitrogens with zero attached hydrogens (tertiary/aromatic N) is 1. The van der Waals surface area contributed by atoms with E-state index in [1.54, 1.807) is 18.2 Å². The first-order chi connectivity index (χ1) is 6.90. The molecule has 1 atom stereocenters. The minimum absolute atomic E-state index is 0.148. The Labute approximate surface area is 103 Å². The summed E-state index contributed by atoms with van der Waals surface area (Å²) < 4.78 is 32.4. The van der Waals surface area contributed by atoms with E-state index in [1.165, 1.54) is 12.1 Å². The number of hydrogen-bond acceptors (Lipinski definition) is 3. The molecule has 0 saturated heterocycles. The fourth-order valence-corrected chi connectivity index (χ4v) is 2.73. The van der Waals surface area contributed by atoms with Gasteiger partial charge in [0.15, 0.2) is 0 Å². The van der Waals surface area contributed by atoms with Crippen LogP contribution in [0.15, 0.2) is 30.3 Å². The summed E-state index contributed by atoms with van der Waals surface area (Å²) in [6.45, 7) is 0. The van der Waals surface area contributed by atoms with Gasteiger partial charge in [0.2, 0.25) is 0 Å². The summed E-state index contributed by atoms with van der Waals surface area (Å²) in [5, 5.41) is 0. The van der Waals surface area contributed by atoms with Crippen molar-refractivity contribution < 1.29 is 13.2 Å². The molecule has 8 heteroatoms. The van der Waals surface area contributed by atoms with Gasteiger partial charge in [-0.2, -0.15) is 4.39 Å². The smallest absolute Gasteiger partial charge is 0.324 e. The zero-order chi connectivity index (χ0) is 11.5. The molecule has 84 valence electrons. The summed E-state index contributed by atoms with van der Waals surface area (Å²) in [5.74, 6) is 0. The molecule has 0 aliphatic rings. The number of rotatable bonds is 4. The molecule has 1 aromatic rings. The molecule has 0 aliphatic heterocycles. The van der Waals surface area contributed by atoms with E-state index in [-0.39, 0.29) is 17.6 Å². The quantitative estimate of drug-likeness (QED) is 0.486. The van der Waals surface area contributed by atoms with Crippen molar-refractivity contribution in [3.05, 3.63) is 30.3 Å². The third kappa shape index (κ3) is 4.56. The van der Waals surface area contributed by atoms with E-state index in [9.17, 15) is 13.2 Å². The molecule has 0 saturated carbocycles. The van der Waals surface area contributed by atoms with Gasteiger partial charge >= 0.3 is 3.92 Å². The standard InChI is InChI=1S/C7H6Cl2FNO2S2/c8-7(9,10)14-11(15(12)13)6-4-2-1-3-5-6/h1-5H,(H,12,13)/p-1. The van der Waals surface area contributed by atoms with Gasteiger partial charge in [-0.05, 0) is 12.1 Å². The Morgan fingerprint density at radius 1 is 1.40 bits per heavy atom. The molecule has 0 fully saturated rings. The van der Waals surface area contributed by atoms with Gasteiger partial charge in [-0.25, -0.2) is 3.71 Å². The normalized spacial score (nSPS) is 13.6. The van der Waals surface area contributed by atoms with Crippen LogP contribution in [-0.4, -0.2) is 12.7 Å². The molecule has 0 heterocycles. The van der Waals surface area contributed by atoms with Gasteiger partial charge in [0, 0.05) is 11.9 Å². The molecule has 1 unspecified atom stereocenters. The number of alkyl halides is 3. The Morgan fingerprint density at radius 2 is 1.93 bits per heavy atom. The zero-order valence-corrected chi connectivity index (χ0v) is 10.2. The second kappa shape index (κ2) is 5.36. The van der Waals surface area contributed by atoms with E-state index in [0.29, 0.717) is 3.71 Å². The number of hydrogen-bond donors (Lipinski definition) is 0. The molecular weight excluding hydrogens is 284 g/mol. The summed E-state index contributed by atoms with van der Waals surface area (Å²) in [6.07, 6.45) is 0. The zero-order valence-electron chi connectivity index (χ0n) is 7.10. The van der Waals surface area contributed by atoms with E-state index in [2.05, 4.69) is 0 Å². The summed E-state index contributed by atoms with van der Waals surface area (Å²) in [4.78, 5) is 0. The summed E-state index contributed by atoms with van der Waals surface area (Å²) >= 11 is 7.62. The number of para-hydroxylation sites is 1. The van der Waals surface area contributed by atoms with Crippen LogP contribution in [0.2, 0.25) is 0 Å². The van der Waals surface area contributed by atoms with Gasteiger partial charge in [-0.3, -0.25) is 4.21 Å². The topological polar surface area (TPSA) is 43.4 Å². The van der Waals surface area contributed by atoms with Crippen molar-refractivity contribution in [3.63, 3.8) is 0 Å². The third-order valence-electron chi connectivity index (χ3n) is 1.29. The largest absolute Gasteiger partial charge is 0.754 e. The number of anilines is 1. The van der Waals surface area contributed by atoms with Crippen molar-refractivity contribution in [2.45, 2.75) is 3.92 Å². The van der Waals surface area contributed by atoms with Crippen LogP contribution >= 0.6 is 35.1 Å². The fourth-order valence-electron chi connectivity index (χ4n) is 0.813. The molecule has 15 heavy (non-hydrogen) atoms. The lowest BCUT2D eigenvalue weighted by atomic mass is 10.3. The maximum absolute atomic E-state index is 12.9. The van der Waals surface area contributed by atoms with E-state index in [0.717, 1.165) is 0 Å². The highest BCUT2D eigenvalue weighted by Gasteiger charge is 2.28. The highest BCUT2D eigenvalue weighted by atomic mass is 35.5. The SMILES string of the molecule is O=S([O-])N(SC(F)(Cl)Cl)c1ccccc1. The lowest BCUT2D eigenvalue weighted by Gasteiger charge is -2.26. The fraction of sp³-hybridized carbons (Fsp3) is 0.143. The molecule has 0 aromatic heterocycles. The van der Waals surface area contributed by atoms with E-state index in [4.69, 9.17) is 23.2 Å². The van der Waals surface area contributed by atoms with Crippen LogP contribution in [0.25, 0.3) is 0 Å². The Kier molecular flexibility index (Phi) is 4.66. The van der Waals surface area contributed by atoms with Crippen molar-refractivity contribution in [1.29, 1.82) is 0 Å². The van der Waals surface area contributed by atoms with Crippen LogP contribution in [0.1, 0.15) is 0 Å². The van der Waals surface area contributed by atoms with Gasteiger partial charge in [-0.15, -0.1) is 0 Å². The molecule has 0 spiro atoms. The second-order valence-corrected chi connectivity index (χ2v) is 6.17. The van der Waals surface area contributed by atoms with Crippen LogP contribution in [0.4, 0.5) is 10.1 Å².